The van der Waals surface area contributed by atoms with Gasteiger partial charge in [-0.05, 0) is 71.9 Å². The highest BCUT2D eigenvalue weighted by Crippen LogP contribution is 2.57. The third-order valence-electron chi connectivity index (χ3n) is 5.12. The average molecular weight is 372 g/mol. The number of sulfone groups is 1. The van der Waals surface area contributed by atoms with Crippen molar-refractivity contribution in [2.75, 3.05) is 6.01 Å². The van der Waals surface area contributed by atoms with Gasteiger partial charge in [0.1, 0.15) is 5.82 Å². The summed E-state index contributed by atoms with van der Waals surface area (Å²) in [5.41, 5.74) is 4.52. The molecule has 134 valence electrons. The molecule has 0 radical (unpaired) electrons. The predicted molar refractivity (Wildman–Crippen MR) is 98.4 cm³/mol. The Balaban J connectivity index is 1.75. The van der Waals surface area contributed by atoms with Crippen LogP contribution in [0.2, 0.25) is 0 Å². The Morgan fingerprint density at radius 2 is 1.54 bits per heavy atom. The van der Waals surface area contributed by atoms with Gasteiger partial charge >= 0.3 is 0 Å². The predicted octanol–water partition coefficient (Wildman–Crippen LogP) is 5.10. The fourth-order valence-corrected chi connectivity index (χ4v) is 4.08. The van der Waals surface area contributed by atoms with Crippen LogP contribution in [0.15, 0.2) is 59.5 Å². The first kappa shape index (κ1) is 17.2. The van der Waals surface area contributed by atoms with Crippen molar-refractivity contribution in [1.82, 2.24) is 0 Å². The molecule has 0 aromatic heterocycles. The van der Waals surface area contributed by atoms with E-state index in [1.807, 2.05) is 6.07 Å². The molecule has 2 nitrogen and oxygen atoms in total. The van der Waals surface area contributed by atoms with Gasteiger partial charge in [-0.2, -0.15) is 0 Å². The van der Waals surface area contributed by atoms with Crippen LogP contribution in [0.5, 0.6) is 0 Å². The molecule has 0 N–H and O–H groups in total. The molecule has 2 aromatic carbocycles. The van der Waals surface area contributed by atoms with E-state index in [9.17, 15) is 17.2 Å². The number of benzene rings is 2. The highest BCUT2D eigenvalue weighted by molar-refractivity contribution is 7.91. The largest absolute Gasteiger partial charge is 0.233 e. The van der Waals surface area contributed by atoms with E-state index < -0.39 is 15.8 Å². The van der Waals surface area contributed by atoms with Gasteiger partial charge in [0.25, 0.3) is 0 Å². The molecule has 0 bridgehead atoms. The van der Waals surface area contributed by atoms with Crippen LogP contribution in [-0.4, -0.2) is 14.4 Å². The number of rotatable bonds is 4. The molecule has 1 saturated carbocycles. The van der Waals surface area contributed by atoms with Crippen LogP contribution in [-0.2, 0) is 9.84 Å². The summed E-state index contributed by atoms with van der Waals surface area (Å²) in [4.78, 5) is -0.0216. The quantitative estimate of drug-likeness (QED) is 0.749. The number of hydrogen-bond acceptors (Lipinski definition) is 2. The van der Waals surface area contributed by atoms with Gasteiger partial charge in [-0.1, -0.05) is 30.4 Å². The van der Waals surface area contributed by atoms with Crippen LogP contribution in [0.3, 0.4) is 0 Å². The van der Waals surface area contributed by atoms with E-state index in [0.717, 1.165) is 35.1 Å². The summed E-state index contributed by atoms with van der Waals surface area (Å²) in [5, 5.41) is 0. The third kappa shape index (κ3) is 2.90. The van der Waals surface area contributed by atoms with Crippen molar-refractivity contribution in [3.8, 4) is 0 Å². The summed E-state index contributed by atoms with van der Waals surface area (Å²) in [6.45, 7) is 1.74. The highest BCUT2D eigenvalue weighted by Gasteiger charge is 2.43. The molecular weight excluding hydrogens is 354 g/mol. The van der Waals surface area contributed by atoms with Crippen molar-refractivity contribution in [2.24, 2.45) is 5.41 Å². The minimum absolute atomic E-state index is 0.0216. The summed E-state index contributed by atoms with van der Waals surface area (Å²) in [6.07, 6.45) is 6.59. The first-order chi connectivity index (χ1) is 12.3. The molecule has 0 heterocycles. The topological polar surface area (TPSA) is 34.1 Å². The lowest BCUT2D eigenvalue weighted by Gasteiger charge is -2.11. The molecule has 5 heteroatoms. The average Bonchev–Trinajstić information content (AvgIpc) is 3.28. The SMILES string of the molecule is Cc1cc(C2=CC3(C=C2c2ccc(S(=O)(=O)CF)cc2)CC3)ccc1F. The van der Waals surface area contributed by atoms with Gasteiger partial charge in [0.15, 0.2) is 6.01 Å². The van der Waals surface area contributed by atoms with E-state index in [4.69, 9.17) is 0 Å². The van der Waals surface area contributed by atoms with Crippen LogP contribution in [0, 0.1) is 18.2 Å². The van der Waals surface area contributed by atoms with Crippen molar-refractivity contribution < 1.29 is 17.2 Å². The Morgan fingerprint density at radius 1 is 0.962 bits per heavy atom. The monoisotopic (exact) mass is 372 g/mol. The number of halogens is 2. The minimum Gasteiger partial charge on any atom is -0.233 e. The van der Waals surface area contributed by atoms with Crippen LogP contribution in [0.4, 0.5) is 8.78 Å². The molecule has 2 aliphatic carbocycles. The number of aryl methyl sites for hydroxylation is 1. The smallest absolute Gasteiger partial charge is 0.207 e. The van der Waals surface area contributed by atoms with Crippen LogP contribution >= 0.6 is 0 Å². The van der Waals surface area contributed by atoms with Crippen molar-refractivity contribution in [2.45, 2.75) is 24.7 Å². The van der Waals surface area contributed by atoms with Crippen LogP contribution in [0.25, 0.3) is 11.1 Å². The normalized spacial score (nSPS) is 18.0. The Bertz CT molecular complexity index is 1040. The number of alkyl halides is 1. The van der Waals surface area contributed by atoms with Crippen LogP contribution in [0.1, 0.15) is 29.5 Å². The fourth-order valence-electron chi connectivity index (χ4n) is 3.40. The fraction of sp³-hybridized carbons (Fsp3) is 0.238. The second-order valence-electron chi connectivity index (χ2n) is 7.06. The summed E-state index contributed by atoms with van der Waals surface area (Å²) in [5.74, 6) is -0.236. The van der Waals surface area contributed by atoms with E-state index >= 15 is 0 Å². The zero-order valence-corrected chi connectivity index (χ0v) is 15.1. The molecule has 4 rings (SSSR count). The summed E-state index contributed by atoms with van der Waals surface area (Å²) >= 11 is 0. The number of allylic oxidation sites excluding steroid dienone is 4. The first-order valence-electron chi connectivity index (χ1n) is 8.45. The molecule has 0 amide bonds. The van der Waals surface area contributed by atoms with Gasteiger partial charge in [-0.15, -0.1) is 0 Å². The molecule has 2 aliphatic rings. The first-order valence-corrected chi connectivity index (χ1v) is 10.1. The van der Waals surface area contributed by atoms with E-state index in [0.29, 0.717) is 5.56 Å². The van der Waals surface area contributed by atoms with Gasteiger partial charge in [0.05, 0.1) is 4.90 Å². The summed E-state index contributed by atoms with van der Waals surface area (Å²) < 4.78 is 49.7. The number of hydrogen-bond donors (Lipinski definition) is 0. The van der Waals surface area contributed by atoms with E-state index in [-0.39, 0.29) is 16.1 Å². The molecule has 0 unspecified atom stereocenters. The lowest BCUT2D eigenvalue weighted by molar-refractivity contribution is 0.534. The van der Waals surface area contributed by atoms with Crippen LogP contribution < -0.4 is 0 Å². The molecule has 0 atom stereocenters. The highest BCUT2D eigenvalue weighted by atomic mass is 32.2. The summed E-state index contributed by atoms with van der Waals surface area (Å²) in [6, 6.07) is 9.97. The third-order valence-corrected chi connectivity index (χ3v) is 6.40. The van der Waals surface area contributed by atoms with Gasteiger partial charge in [0.2, 0.25) is 9.84 Å². The van der Waals surface area contributed by atoms with Gasteiger partial charge in [-0.25, -0.2) is 17.2 Å². The molecule has 1 spiro atoms. The van der Waals surface area contributed by atoms with Gasteiger partial charge < -0.3 is 0 Å². The minimum atomic E-state index is -3.87. The Kier molecular flexibility index (Phi) is 3.88. The summed E-state index contributed by atoms with van der Waals surface area (Å²) in [7, 11) is -3.87. The molecular formula is C21H18F2O2S. The van der Waals surface area contributed by atoms with Crippen molar-refractivity contribution in [3.63, 3.8) is 0 Å². The van der Waals surface area contributed by atoms with Crippen molar-refractivity contribution >= 4 is 21.0 Å². The second-order valence-corrected chi connectivity index (χ2v) is 8.98. The lowest BCUT2D eigenvalue weighted by Crippen LogP contribution is -2.02. The second kappa shape index (κ2) is 5.88. The maximum Gasteiger partial charge on any atom is 0.207 e. The van der Waals surface area contributed by atoms with E-state index in [2.05, 4.69) is 12.2 Å². The maximum absolute atomic E-state index is 13.6. The Labute approximate surface area is 151 Å². The molecule has 1 fully saturated rings. The van der Waals surface area contributed by atoms with E-state index in [1.165, 1.54) is 18.2 Å². The van der Waals surface area contributed by atoms with Crippen molar-refractivity contribution in [3.05, 3.63) is 77.1 Å². The zero-order chi connectivity index (χ0) is 18.5. The van der Waals surface area contributed by atoms with Gasteiger partial charge in [0, 0.05) is 5.41 Å². The lowest BCUT2D eigenvalue weighted by atomic mass is 9.94. The molecule has 0 saturated heterocycles. The Hall–Kier alpha value is -2.27. The van der Waals surface area contributed by atoms with Crippen molar-refractivity contribution in [1.29, 1.82) is 0 Å². The van der Waals surface area contributed by atoms with Gasteiger partial charge in [-0.3, -0.25) is 0 Å². The Morgan fingerprint density at radius 3 is 2.08 bits per heavy atom. The maximum atomic E-state index is 13.6. The standard InChI is InChI=1S/C21H18F2O2S/c1-14-10-16(4-7-20(14)23)19-12-21(8-9-21)11-18(19)15-2-5-17(6-3-15)26(24,25)13-22/h2-7,10-12H,8-9,13H2,1H3. The molecule has 2 aromatic rings. The molecule has 26 heavy (non-hydrogen) atoms. The molecule has 0 aliphatic heterocycles. The zero-order valence-electron chi connectivity index (χ0n) is 14.3. The van der Waals surface area contributed by atoms with E-state index in [1.54, 1.807) is 25.1 Å².